The molecule has 0 spiro atoms. The second-order valence-corrected chi connectivity index (χ2v) is 9.30. The van der Waals surface area contributed by atoms with Crippen LogP contribution in [0.5, 0.6) is 0 Å². The van der Waals surface area contributed by atoms with Gasteiger partial charge in [0.2, 0.25) is 11.9 Å². The number of nitrogens with zero attached hydrogens (tertiary/aromatic N) is 3. The highest BCUT2D eigenvalue weighted by Gasteiger charge is 2.57. The summed E-state index contributed by atoms with van der Waals surface area (Å²) in [5.74, 6) is 1.17. The van der Waals surface area contributed by atoms with Gasteiger partial charge in [0.25, 0.3) is 5.56 Å². The SMILES string of the molecule is O=C(Cn1ncc(NC23CC4CC(CC2C4)C3)c(Cl)c1=O)NCc1ccnc(F)c1. The molecule has 4 bridgehead atoms. The maximum absolute atomic E-state index is 13.1. The van der Waals surface area contributed by atoms with E-state index in [0.717, 1.165) is 29.4 Å². The fraction of sp³-hybridized carbons (Fsp3) is 0.524. The summed E-state index contributed by atoms with van der Waals surface area (Å²) in [5.41, 5.74) is 0.669. The standard InChI is InChI=1S/C21H23ClFN5O2/c22-19-16(27-21-7-13-3-14(8-21)5-15(21)4-13)10-26-28(20(19)30)11-18(29)25-9-12-1-2-24-17(23)6-12/h1-2,6,10,13-15,27H,3-5,7-9,11H2,(H,25,29). The van der Waals surface area contributed by atoms with Gasteiger partial charge in [-0.2, -0.15) is 9.49 Å². The van der Waals surface area contributed by atoms with Crippen molar-refractivity contribution in [2.24, 2.45) is 17.8 Å². The fourth-order valence-corrected chi connectivity index (χ4v) is 6.07. The van der Waals surface area contributed by atoms with Crippen molar-refractivity contribution in [3.63, 3.8) is 0 Å². The number of rotatable bonds is 6. The molecule has 0 saturated heterocycles. The maximum Gasteiger partial charge on any atom is 0.288 e. The van der Waals surface area contributed by atoms with Crippen LogP contribution in [0.25, 0.3) is 0 Å². The Kier molecular flexibility index (Phi) is 4.76. The van der Waals surface area contributed by atoms with Gasteiger partial charge < -0.3 is 10.6 Å². The van der Waals surface area contributed by atoms with Crippen molar-refractivity contribution in [3.8, 4) is 0 Å². The first-order chi connectivity index (χ1) is 14.4. The van der Waals surface area contributed by atoms with Crippen LogP contribution in [-0.4, -0.2) is 26.2 Å². The summed E-state index contributed by atoms with van der Waals surface area (Å²) in [6.07, 6.45) is 8.98. The van der Waals surface area contributed by atoms with Crippen LogP contribution in [0.4, 0.5) is 10.1 Å². The first-order valence-corrected chi connectivity index (χ1v) is 10.7. The van der Waals surface area contributed by atoms with Crippen LogP contribution in [0.1, 0.15) is 37.7 Å². The molecule has 2 aromatic rings. The number of pyridine rings is 1. The first kappa shape index (κ1) is 19.5. The lowest BCUT2D eigenvalue weighted by Gasteiger charge is -2.35. The van der Waals surface area contributed by atoms with Crippen LogP contribution in [-0.2, 0) is 17.9 Å². The summed E-state index contributed by atoms with van der Waals surface area (Å²) in [6, 6.07) is 2.85. The Balaban J connectivity index is 1.26. The highest BCUT2D eigenvalue weighted by Crippen LogP contribution is 2.61. The molecule has 0 aliphatic heterocycles. The van der Waals surface area contributed by atoms with E-state index in [9.17, 15) is 14.0 Å². The zero-order chi connectivity index (χ0) is 20.9. The largest absolute Gasteiger partial charge is 0.377 e. The van der Waals surface area contributed by atoms with Gasteiger partial charge in [0.05, 0.1) is 11.9 Å². The fourth-order valence-electron chi connectivity index (χ4n) is 5.88. The van der Waals surface area contributed by atoms with Crippen molar-refractivity contribution < 1.29 is 9.18 Å². The third-order valence-corrected chi connectivity index (χ3v) is 7.30. The molecule has 2 atom stereocenters. The summed E-state index contributed by atoms with van der Waals surface area (Å²) < 4.78 is 14.2. The normalized spacial score (nSPS) is 28.7. The number of carbonyl (C=O) groups is 1. The van der Waals surface area contributed by atoms with Crippen molar-refractivity contribution in [1.29, 1.82) is 0 Å². The molecule has 0 aromatic carbocycles. The lowest BCUT2D eigenvalue weighted by Crippen LogP contribution is -2.40. The van der Waals surface area contributed by atoms with Crippen molar-refractivity contribution in [2.45, 2.75) is 50.7 Å². The molecule has 0 radical (unpaired) electrons. The van der Waals surface area contributed by atoms with Crippen molar-refractivity contribution >= 4 is 23.2 Å². The van der Waals surface area contributed by atoms with Crippen LogP contribution in [0.3, 0.4) is 0 Å². The highest BCUT2D eigenvalue weighted by molar-refractivity contribution is 6.33. The Hall–Kier alpha value is -2.48. The molecule has 2 heterocycles. The number of halogens is 2. The molecule has 158 valence electrons. The van der Waals surface area contributed by atoms with E-state index < -0.39 is 17.4 Å². The average molecular weight is 432 g/mol. The number of nitrogens with one attached hydrogen (secondary N) is 2. The third-order valence-electron chi connectivity index (χ3n) is 6.93. The summed E-state index contributed by atoms with van der Waals surface area (Å²) >= 11 is 6.37. The molecule has 2 N–H and O–H groups in total. The van der Waals surface area contributed by atoms with Gasteiger partial charge >= 0.3 is 0 Å². The average Bonchev–Trinajstić information content (AvgIpc) is 3.09. The van der Waals surface area contributed by atoms with E-state index in [0.29, 0.717) is 17.2 Å². The predicted molar refractivity (Wildman–Crippen MR) is 109 cm³/mol. The van der Waals surface area contributed by atoms with Crippen LogP contribution in [0.2, 0.25) is 5.02 Å². The number of carbonyl (C=O) groups excluding carboxylic acids is 1. The smallest absolute Gasteiger partial charge is 0.288 e. The van der Waals surface area contributed by atoms with Crippen LogP contribution >= 0.6 is 11.6 Å². The molecule has 7 nitrogen and oxygen atoms in total. The Morgan fingerprint density at radius 3 is 2.80 bits per heavy atom. The van der Waals surface area contributed by atoms with E-state index in [1.54, 1.807) is 12.3 Å². The molecule has 4 aliphatic carbocycles. The number of hydrogen-bond donors (Lipinski definition) is 2. The van der Waals surface area contributed by atoms with Gasteiger partial charge in [0, 0.05) is 18.3 Å². The van der Waals surface area contributed by atoms with E-state index >= 15 is 0 Å². The van der Waals surface area contributed by atoms with Gasteiger partial charge in [0.15, 0.2) is 0 Å². The number of anilines is 1. The van der Waals surface area contributed by atoms with Crippen molar-refractivity contribution in [2.75, 3.05) is 5.32 Å². The zero-order valence-corrected chi connectivity index (χ0v) is 17.2. The van der Waals surface area contributed by atoms with Gasteiger partial charge in [0.1, 0.15) is 11.6 Å². The minimum atomic E-state index is -0.613. The maximum atomic E-state index is 13.1. The van der Waals surface area contributed by atoms with E-state index in [1.807, 2.05) is 0 Å². The van der Waals surface area contributed by atoms with Crippen LogP contribution < -0.4 is 16.2 Å². The Morgan fingerprint density at radius 2 is 2.07 bits per heavy atom. The molecule has 9 heteroatoms. The van der Waals surface area contributed by atoms with Gasteiger partial charge in [-0.05, 0) is 67.6 Å². The van der Waals surface area contributed by atoms with E-state index in [-0.39, 0.29) is 23.7 Å². The molecular formula is C21H23ClFN5O2. The molecule has 4 fully saturated rings. The lowest BCUT2D eigenvalue weighted by atomic mass is 9.80. The predicted octanol–water partition coefficient (Wildman–Crippen LogP) is 2.74. The summed E-state index contributed by atoms with van der Waals surface area (Å²) in [4.78, 5) is 28.4. The molecule has 2 aromatic heterocycles. The number of amides is 1. The molecule has 4 aliphatic rings. The van der Waals surface area contributed by atoms with Gasteiger partial charge in [-0.1, -0.05) is 11.6 Å². The minimum absolute atomic E-state index is 0.0364. The zero-order valence-electron chi connectivity index (χ0n) is 16.4. The van der Waals surface area contributed by atoms with Crippen molar-refractivity contribution in [3.05, 3.63) is 51.4 Å². The van der Waals surface area contributed by atoms with E-state index in [4.69, 9.17) is 11.6 Å². The van der Waals surface area contributed by atoms with Crippen LogP contribution in [0, 0.1) is 23.7 Å². The molecule has 4 saturated carbocycles. The Labute approximate surface area is 178 Å². The monoisotopic (exact) mass is 431 g/mol. The van der Waals surface area contributed by atoms with Gasteiger partial charge in [-0.15, -0.1) is 0 Å². The molecule has 2 unspecified atom stereocenters. The topological polar surface area (TPSA) is 88.9 Å². The summed E-state index contributed by atoms with van der Waals surface area (Å²) in [7, 11) is 0. The third kappa shape index (κ3) is 3.47. The lowest BCUT2D eigenvalue weighted by molar-refractivity contribution is -0.122. The summed E-state index contributed by atoms with van der Waals surface area (Å²) in [6.45, 7) is -0.128. The van der Waals surface area contributed by atoms with Gasteiger partial charge in [-0.25, -0.2) is 9.67 Å². The molecule has 30 heavy (non-hydrogen) atoms. The molecular weight excluding hydrogens is 409 g/mol. The second-order valence-electron chi connectivity index (χ2n) is 8.92. The second kappa shape index (κ2) is 7.34. The molecule has 1 amide bonds. The Morgan fingerprint density at radius 1 is 1.30 bits per heavy atom. The first-order valence-electron chi connectivity index (χ1n) is 10.3. The van der Waals surface area contributed by atoms with E-state index in [2.05, 4.69) is 20.7 Å². The number of hydrogen-bond acceptors (Lipinski definition) is 5. The molecule has 6 rings (SSSR count). The number of aromatic nitrogens is 3. The van der Waals surface area contributed by atoms with Crippen LogP contribution in [0.15, 0.2) is 29.3 Å². The Bertz CT molecular complexity index is 1040. The van der Waals surface area contributed by atoms with Gasteiger partial charge in [-0.3, -0.25) is 9.59 Å². The van der Waals surface area contributed by atoms with E-state index in [1.165, 1.54) is 31.5 Å². The summed E-state index contributed by atoms with van der Waals surface area (Å²) in [5, 5.41) is 10.4. The highest BCUT2D eigenvalue weighted by atomic mass is 35.5. The van der Waals surface area contributed by atoms with Crippen molar-refractivity contribution in [1.82, 2.24) is 20.1 Å². The minimum Gasteiger partial charge on any atom is -0.377 e. The quantitative estimate of drug-likeness (QED) is 0.686.